The molecule has 5 rings (SSSR count). The van der Waals surface area contributed by atoms with Gasteiger partial charge in [-0.3, -0.25) is 19.2 Å². The highest BCUT2D eigenvalue weighted by molar-refractivity contribution is 7.10. The van der Waals surface area contributed by atoms with Crippen LogP contribution in [-0.4, -0.2) is 37.5 Å². The molecule has 0 saturated carbocycles. The highest BCUT2D eigenvalue weighted by Gasteiger charge is 2.52. The number of fused-ring (bicyclic) bond motifs is 2. The van der Waals surface area contributed by atoms with Crippen molar-refractivity contribution in [3.8, 4) is 0 Å². The molecular weight excluding hydrogens is 424 g/mol. The number of ketones is 2. The third-order valence-electron chi connectivity index (χ3n) is 6.41. The maximum Gasteiger partial charge on any atom is 0.238 e. The molecule has 0 bridgehead atoms. The van der Waals surface area contributed by atoms with Crippen LogP contribution in [0.25, 0.3) is 0 Å². The van der Waals surface area contributed by atoms with Gasteiger partial charge in [-0.1, -0.05) is 30.3 Å². The zero-order valence-corrected chi connectivity index (χ0v) is 18.3. The van der Waals surface area contributed by atoms with E-state index in [1.54, 1.807) is 74.8 Å². The average Bonchev–Trinajstić information content (AvgIpc) is 3.35. The summed E-state index contributed by atoms with van der Waals surface area (Å²) in [5.41, 5.74) is 1.91. The van der Waals surface area contributed by atoms with E-state index < -0.39 is 29.6 Å². The standard InChI is InChI=1S/C25H20N2O4S/c1-26-16-10-5-3-8-14(16)22(28)20(24(26)30)19(18-12-7-13-32-18)21-23(29)15-9-4-6-11-17(15)27(2)25(21)31/h3-13,19-21H,1-2H3/t20-,21-/m1/s1. The SMILES string of the molecule is CN1C(=O)[C@H](C(c2cccs2)[C@@H]2C(=O)c3ccccc3N(C)C2=O)C(=O)c2ccccc21. The number of rotatable bonds is 3. The van der Waals surface area contributed by atoms with Gasteiger partial charge < -0.3 is 9.80 Å². The van der Waals surface area contributed by atoms with Crippen LogP contribution in [0, 0.1) is 11.8 Å². The smallest absolute Gasteiger partial charge is 0.238 e. The molecule has 7 heteroatoms. The zero-order valence-electron chi connectivity index (χ0n) is 17.5. The molecule has 2 atom stereocenters. The zero-order chi connectivity index (χ0) is 22.6. The van der Waals surface area contributed by atoms with Gasteiger partial charge in [0.15, 0.2) is 11.6 Å². The van der Waals surface area contributed by atoms with Crippen molar-refractivity contribution in [2.24, 2.45) is 11.8 Å². The van der Waals surface area contributed by atoms with Crippen LogP contribution in [0.4, 0.5) is 11.4 Å². The highest BCUT2D eigenvalue weighted by Crippen LogP contribution is 2.46. The van der Waals surface area contributed by atoms with E-state index in [0.717, 1.165) is 0 Å². The first-order chi connectivity index (χ1) is 15.4. The van der Waals surface area contributed by atoms with Crippen LogP contribution in [0.5, 0.6) is 0 Å². The lowest BCUT2D eigenvalue weighted by atomic mass is 9.70. The Morgan fingerprint density at radius 1 is 0.688 bits per heavy atom. The number of Topliss-reactive ketones (excluding diaryl/α,β-unsaturated/α-hetero) is 2. The fourth-order valence-electron chi connectivity index (χ4n) is 4.80. The van der Waals surface area contributed by atoms with Gasteiger partial charge >= 0.3 is 0 Å². The summed E-state index contributed by atoms with van der Waals surface area (Å²) in [7, 11) is 3.25. The Labute approximate surface area is 189 Å². The molecule has 1 aromatic heterocycles. The van der Waals surface area contributed by atoms with Gasteiger partial charge in [-0.05, 0) is 35.7 Å². The largest absolute Gasteiger partial charge is 0.314 e. The summed E-state index contributed by atoms with van der Waals surface area (Å²) in [6, 6.07) is 17.5. The van der Waals surface area contributed by atoms with E-state index in [0.29, 0.717) is 27.4 Å². The molecule has 2 aliphatic heterocycles. The number of hydrogen-bond acceptors (Lipinski definition) is 5. The second kappa shape index (κ2) is 7.53. The molecule has 160 valence electrons. The van der Waals surface area contributed by atoms with Crippen molar-refractivity contribution < 1.29 is 19.2 Å². The minimum Gasteiger partial charge on any atom is -0.314 e. The molecule has 3 heterocycles. The Bertz CT molecular complexity index is 1180. The minimum absolute atomic E-state index is 0.357. The maximum absolute atomic E-state index is 13.6. The number of nitrogens with zero attached hydrogens (tertiary/aromatic N) is 2. The second-order valence-electron chi connectivity index (χ2n) is 8.05. The third kappa shape index (κ3) is 2.85. The summed E-state index contributed by atoms with van der Waals surface area (Å²) < 4.78 is 0. The predicted octanol–water partition coefficient (Wildman–Crippen LogP) is 3.78. The number of amides is 2. The predicted molar refractivity (Wildman–Crippen MR) is 122 cm³/mol. The fraction of sp³-hybridized carbons (Fsp3) is 0.200. The van der Waals surface area contributed by atoms with Gasteiger partial charge in [0.25, 0.3) is 0 Å². The van der Waals surface area contributed by atoms with Crippen LogP contribution in [0.1, 0.15) is 31.5 Å². The summed E-state index contributed by atoms with van der Waals surface area (Å²) in [6.07, 6.45) is 0. The Morgan fingerprint density at radius 2 is 1.16 bits per heavy atom. The van der Waals surface area contributed by atoms with Gasteiger partial charge in [-0.25, -0.2) is 0 Å². The first kappa shape index (κ1) is 20.3. The maximum atomic E-state index is 13.6. The first-order valence-corrected chi connectivity index (χ1v) is 11.1. The molecule has 3 aromatic rings. The average molecular weight is 445 g/mol. The number of thiophene rings is 1. The lowest BCUT2D eigenvalue weighted by molar-refractivity contribution is -0.124. The van der Waals surface area contributed by atoms with Crippen LogP contribution < -0.4 is 9.80 Å². The van der Waals surface area contributed by atoms with Gasteiger partial charge in [-0.15, -0.1) is 11.3 Å². The van der Waals surface area contributed by atoms with Crippen molar-refractivity contribution in [2.45, 2.75) is 5.92 Å². The molecule has 0 saturated heterocycles. The first-order valence-electron chi connectivity index (χ1n) is 10.3. The lowest BCUT2D eigenvalue weighted by Gasteiger charge is -2.39. The van der Waals surface area contributed by atoms with Crippen LogP contribution in [0.2, 0.25) is 0 Å². The summed E-state index contributed by atoms with van der Waals surface area (Å²) in [4.78, 5) is 57.8. The van der Waals surface area contributed by atoms with Crippen LogP contribution >= 0.6 is 11.3 Å². The summed E-state index contributed by atoms with van der Waals surface area (Å²) in [5, 5.41) is 1.83. The highest BCUT2D eigenvalue weighted by atomic mass is 32.1. The molecule has 2 aromatic carbocycles. The normalized spacial score (nSPS) is 20.6. The Kier molecular flexibility index (Phi) is 4.78. The van der Waals surface area contributed by atoms with Crippen LogP contribution in [0.15, 0.2) is 66.0 Å². The summed E-state index contributed by atoms with van der Waals surface area (Å²) >= 11 is 1.35. The molecule has 6 nitrogen and oxygen atoms in total. The van der Waals surface area contributed by atoms with Gasteiger partial charge in [0.1, 0.15) is 11.8 Å². The number of carbonyl (C=O) groups excluding carboxylic acids is 4. The molecule has 0 N–H and O–H groups in total. The van der Waals surface area contributed by atoms with E-state index in [2.05, 4.69) is 0 Å². The molecule has 2 aliphatic rings. The van der Waals surface area contributed by atoms with Crippen molar-refractivity contribution >= 4 is 46.1 Å². The fourth-order valence-corrected chi connectivity index (χ4v) is 5.70. The molecule has 0 spiro atoms. The molecular formula is C25H20N2O4S. The molecule has 32 heavy (non-hydrogen) atoms. The van der Waals surface area contributed by atoms with E-state index in [9.17, 15) is 19.2 Å². The number of hydrogen-bond donors (Lipinski definition) is 0. The monoisotopic (exact) mass is 444 g/mol. The van der Waals surface area contributed by atoms with E-state index in [1.165, 1.54) is 21.1 Å². The third-order valence-corrected chi connectivity index (χ3v) is 7.38. The minimum atomic E-state index is -1.16. The molecule has 0 unspecified atom stereocenters. The van der Waals surface area contributed by atoms with Crippen molar-refractivity contribution in [1.29, 1.82) is 0 Å². The Hall–Kier alpha value is -3.58. The molecule has 0 fully saturated rings. The molecule has 2 amide bonds. The number of anilines is 2. The van der Waals surface area contributed by atoms with Gasteiger partial charge in [0.2, 0.25) is 11.8 Å². The Morgan fingerprint density at radius 3 is 1.59 bits per heavy atom. The summed E-state index contributed by atoms with van der Waals surface area (Å²) in [6.45, 7) is 0. The Balaban J connectivity index is 1.69. The van der Waals surface area contributed by atoms with Crippen molar-refractivity contribution in [3.05, 3.63) is 82.0 Å². The van der Waals surface area contributed by atoms with Gasteiger partial charge in [0, 0.05) is 36.0 Å². The van der Waals surface area contributed by atoms with E-state index in [1.807, 2.05) is 5.38 Å². The second-order valence-corrected chi connectivity index (χ2v) is 9.03. The van der Waals surface area contributed by atoms with E-state index >= 15 is 0 Å². The van der Waals surface area contributed by atoms with Gasteiger partial charge in [0.05, 0.1) is 11.4 Å². The number of para-hydroxylation sites is 2. The van der Waals surface area contributed by atoms with Crippen LogP contribution in [0.3, 0.4) is 0 Å². The summed E-state index contributed by atoms with van der Waals surface area (Å²) in [5.74, 6) is -4.74. The van der Waals surface area contributed by atoms with Crippen molar-refractivity contribution in [1.82, 2.24) is 0 Å². The number of carbonyl (C=O) groups is 4. The lowest BCUT2D eigenvalue weighted by Crippen LogP contribution is -2.52. The number of benzene rings is 2. The quantitative estimate of drug-likeness (QED) is 0.576. The van der Waals surface area contributed by atoms with Crippen LogP contribution in [-0.2, 0) is 9.59 Å². The van der Waals surface area contributed by atoms with Crippen molar-refractivity contribution in [2.75, 3.05) is 23.9 Å². The molecule has 0 radical (unpaired) electrons. The van der Waals surface area contributed by atoms with E-state index in [4.69, 9.17) is 0 Å². The van der Waals surface area contributed by atoms with E-state index in [-0.39, 0.29) is 11.6 Å². The van der Waals surface area contributed by atoms with Crippen molar-refractivity contribution in [3.63, 3.8) is 0 Å². The van der Waals surface area contributed by atoms with Gasteiger partial charge in [-0.2, -0.15) is 0 Å². The topological polar surface area (TPSA) is 74.8 Å². The molecule has 0 aliphatic carbocycles.